The molecule has 2 amide bonds. The van der Waals surface area contributed by atoms with Gasteiger partial charge in [0.25, 0.3) is 0 Å². The number of carbonyl (C=O) groups excluding carboxylic acids is 1. The molecule has 2 aromatic heterocycles. The van der Waals surface area contributed by atoms with Crippen molar-refractivity contribution in [2.24, 2.45) is 0 Å². The van der Waals surface area contributed by atoms with Gasteiger partial charge in [0.15, 0.2) is 5.71 Å². The number of hydroxylamine groups is 1. The van der Waals surface area contributed by atoms with Crippen LogP contribution in [0.25, 0.3) is 22.4 Å². The number of urea groups is 1. The van der Waals surface area contributed by atoms with Crippen LogP contribution in [0.4, 0.5) is 10.5 Å². The Morgan fingerprint density at radius 2 is 2.16 bits per heavy atom. The molecule has 160 valence electrons. The molecule has 8 nitrogen and oxygen atoms in total. The molecular formula is C23H26N5O3+. The highest BCUT2D eigenvalue weighted by Crippen LogP contribution is 2.34. The number of oxazole rings is 1. The van der Waals surface area contributed by atoms with Crippen LogP contribution in [0, 0.1) is 0 Å². The lowest BCUT2D eigenvalue weighted by Gasteiger charge is -2.21. The van der Waals surface area contributed by atoms with Crippen LogP contribution >= 0.6 is 0 Å². The van der Waals surface area contributed by atoms with Gasteiger partial charge in [-0.3, -0.25) is 4.68 Å². The second-order valence-electron chi connectivity index (χ2n) is 7.67. The zero-order chi connectivity index (χ0) is 21.8. The van der Waals surface area contributed by atoms with Crippen molar-refractivity contribution in [3.05, 3.63) is 55.6 Å². The van der Waals surface area contributed by atoms with Crippen LogP contribution in [0.15, 0.2) is 60.0 Å². The van der Waals surface area contributed by atoms with Crippen molar-refractivity contribution in [2.75, 3.05) is 5.32 Å². The van der Waals surface area contributed by atoms with Gasteiger partial charge in [-0.15, -0.1) is 0 Å². The van der Waals surface area contributed by atoms with Crippen LogP contribution < -0.4 is 5.32 Å². The number of nitrogens with one attached hydrogen (secondary N) is 1. The summed E-state index contributed by atoms with van der Waals surface area (Å²) in [5.41, 5.74) is 2.21. The summed E-state index contributed by atoms with van der Waals surface area (Å²) in [6, 6.07) is 3.39. The van der Waals surface area contributed by atoms with E-state index in [9.17, 15) is 10.0 Å². The smallest absolute Gasteiger partial charge is 0.444 e. The summed E-state index contributed by atoms with van der Waals surface area (Å²) < 4.78 is 8.06. The highest BCUT2D eigenvalue weighted by atomic mass is 16.5. The number of benzene rings is 1. The molecule has 0 unspecified atom stereocenters. The van der Waals surface area contributed by atoms with Gasteiger partial charge in [-0.1, -0.05) is 38.0 Å². The quantitative estimate of drug-likeness (QED) is 0.145. The van der Waals surface area contributed by atoms with Crippen molar-refractivity contribution in [3.63, 3.8) is 0 Å². The minimum absolute atomic E-state index is 0.348. The third-order valence-corrected chi connectivity index (χ3v) is 5.51. The number of hydrogen-bond donors (Lipinski definition) is 2. The second kappa shape index (κ2) is 8.99. The Morgan fingerprint density at radius 1 is 1.35 bits per heavy atom. The molecule has 1 aliphatic rings. The third kappa shape index (κ3) is 4.42. The first-order valence-corrected chi connectivity index (χ1v) is 10.4. The van der Waals surface area contributed by atoms with E-state index in [2.05, 4.69) is 16.9 Å². The fraction of sp³-hybridized carbons (Fsp3) is 0.304. The van der Waals surface area contributed by atoms with E-state index in [1.165, 1.54) is 25.5 Å². The maximum absolute atomic E-state index is 12.6. The van der Waals surface area contributed by atoms with Crippen molar-refractivity contribution < 1.29 is 19.2 Å². The number of aromatic nitrogens is 3. The van der Waals surface area contributed by atoms with Crippen LogP contribution in [0.3, 0.4) is 0 Å². The summed E-state index contributed by atoms with van der Waals surface area (Å²) in [6.07, 6.45) is 15.8. The summed E-state index contributed by atoms with van der Waals surface area (Å²) in [5, 5.41) is 18.7. The molecule has 31 heavy (non-hydrogen) atoms. The van der Waals surface area contributed by atoms with Gasteiger partial charge in [0.1, 0.15) is 12.0 Å². The van der Waals surface area contributed by atoms with E-state index in [1.807, 2.05) is 23.0 Å². The zero-order valence-corrected chi connectivity index (χ0v) is 17.5. The lowest BCUT2D eigenvalue weighted by Crippen LogP contribution is -2.27. The van der Waals surface area contributed by atoms with Crippen molar-refractivity contribution in [1.29, 1.82) is 0 Å². The van der Waals surface area contributed by atoms with Crippen molar-refractivity contribution in [1.82, 2.24) is 14.8 Å². The molecule has 0 spiro atoms. The Hall–Kier alpha value is -3.68. The Bertz CT molecular complexity index is 1150. The summed E-state index contributed by atoms with van der Waals surface area (Å²) >= 11 is 0. The van der Waals surface area contributed by atoms with Gasteiger partial charge in [0, 0.05) is 18.5 Å². The highest BCUT2D eigenvalue weighted by Gasteiger charge is 2.24. The number of rotatable bonds is 5. The molecule has 1 saturated carbocycles. The molecule has 2 heterocycles. The van der Waals surface area contributed by atoms with Gasteiger partial charge in [-0.05, 0) is 35.8 Å². The molecule has 8 heteroatoms. The first kappa shape index (κ1) is 20.6. The Labute approximate surface area is 180 Å². The Morgan fingerprint density at radius 3 is 2.87 bits per heavy atom. The average Bonchev–Trinajstić information content (AvgIpc) is 3.46. The van der Waals surface area contributed by atoms with Gasteiger partial charge in [-0.2, -0.15) is 9.89 Å². The van der Waals surface area contributed by atoms with E-state index in [0.717, 1.165) is 23.7 Å². The van der Waals surface area contributed by atoms with Crippen LogP contribution in [-0.2, 0) is 0 Å². The zero-order valence-electron chi connectivity index (χ0n) is 17.5. The van der Waals surface area contributed by atoms with Crippen molar-refractivity contribution in [2.45, 2.75) is 45.1 Å². The number of carbonyl (C=O) groups is 1. The third-order valence-electron chi connectivity index (χ3n) is 5.51. The number of amides is 2. The standard InChI is InChI=1S/C23H25N5O3/c1-3-4-8-16(2)28(30)23(29)25-21-13-17-15-27(18-9-6-5-7-10-18)26-20(17)14-19(21)22-24-11-12-31-22/h3-4,8,11-15,18H,1,5-7,9-10H2,2H3,(H-,25,29,30)/p+1/b8-4-,28-16+. The van der Waals surface area contributed by atoms with Gasteiger partial charge in [-0.25, -0.2) is 10.3 Å². The molecule has 0 radical (unpaired) electrons. The molecule has 0 saturated heterocycles. The molecule has 0 aliphatic heterocycles. The minimum atomic E-state index is -0.696. The predicted molar refractivity (Wildman–Crippen MR) is 118 cm³/mol. The summed E-state index contributed by atoms with van der Waals surface area (Å²) in [4.78, 5) is 16.9. The van der Waals surface area contributed by atoms with Gasteiger partial charge in [0.05, 0.1) is 23.3 Å². The topological polar surface area (TPSA) is 96.2 Å². The van der Waals surface area contributed by atoms with Crippen LogP contribution in [0.1, 0.15) is 45.1 Å². The minimum Gasteiger partial charge on any atom is -0.444 e. The summed E-state index contributed by atoms with van der Waals surface area (Å²) in [7, 11) is 0. The number of allylic oxidation sites excluding steroid dienone is 3. The van der Waals surface area contributed by atoms with E-state index >= 15 is 0 Å². The average molecular weight is 420 g/mol. The molecule has 1 aliphatic carbocycles. The molecule has 3 aromatic rings. The molecule has 4 rings (SSSR count). The maximum Gasteiger partial charge on any atom is 0.535 e. The van der Waals surface area contributed by atoms with Crippen molar-refractivity contribution in [3.8, 4) is 11.5 Å². The van der Waals surface area contributed by atoms with E-state index < -0.39 is 6.03 Å². The van der Waals surface area contributed by atoms with Crippen LogP contribution in [0.5, 0.6) is 0 Å². The molecule has 0 atom stereocenters. The number of nitrogens with zero attached hydrogens (tertiary/aromatic N) is 4. The Balaban J connectivity index is 1.72. The number of fused-ring (bicyclic) bond motifs is 1. The molecule has 0 bridgehead atoms. The Kier molecular flexibility index (Phi) is 5.97. The number of hydrogen-bond acceptors (Lipinski definition) is 5. The van der Waals surface area contributed by atoms with E-state index in [-0.39, 0.29) is 0 Å². The lowest BCUT2D eigenvalue weighted by molar-refractivity contribution is -0.696. The van der Waals surface area contributed by atoms with E-state index in [1.54, 1.807) is 31.3 Å². The molecule has 1 aromatic carbocycles. The molecule has 2 N–H and O–H groups in total. The van der Waals surface area contributed by atoms with Gasteiger partial charge < -0.3 is 9.62 Å². The second-order valence-corrected chi connectivity index (χ2v) is 7.67. The SMILES string of the molecule is C=C/C=C\C(C)=[N+](\O)C(=O)Nc1cc2cn(C3CCCCC3)nc2cc1-c1ncco1. The highest BCUT2D eigenvalue weighted by molar-refractivity contribution is 5.99. The van der Waals surface area contributed by atoms with E-state index in [0.29, 0.717) is 33.6 Å². The van der Waals surface area contributed by atoms with Gasteiger partial charge >= 0.3 is 6.03 Å². The fourth-order valence-corrected chi connectivity index (χ4v) is 3.87. The maximum atomic E-state index is 12.6. The monoisotopic (exact) mass is 420 g/mol. The van der Waals surface area contributed by atoms with Gasteiger partial charge in [0.2, 0.25) is 5.89 Å². The van der Waals surface area contributed by atoms with E-state index in [4.69, 9.17) is 9.52 Å². The van der Waals surface area contributed by atoms with Crippen LogP contribution in [0.2, 0.25) is 0 Å². The lowest BCUT2D eigenvalue weighted by atomic mass is 9.96. The van der Waals surface area contributed by atoms with Crippen LogP contribution in [-0.4, -0.2) is 36.5 Å². The fourth-order valence-electron chi connectivity index (χ4n) is 3.87. The largest absolute Gasteiger partial charge is 0.535 e. The molecule has 1 fully saturated rings. The number of anilines is 1. The first-order valence-electron chi connectivity index (χ1n) is 10.4. The predicted octanol–water partition coefficient (Wildman–Crippen LogP) is 5.33. The molecular weight excluding hydrogens is 394 g/mol. The summed E-state index contributed by atoms with van der Waals surface area (Å²) in [5.74, 6) is 0.362. The van der Waals surface area contributed by atoms with Crippen molar-refractivity contribution >= 4 is 28.3 Å². The normalized spacial score (nSPS) is 15.9. The summed E-state index contributed by atoms with van der Waals surface area (Å²) in [6.45, 7) is 5.20. The first-order chi connectivity index (χ1) is 15.1.